The van der Waals surface area contributed by atoms with E-state index in [1.54, 1.807) is 12.1 Å². The van der Waals surface area contributed by atoms with Crippen molar-refractivity contribution in [1.29, 1.82) is 0 Å². The van der Waals surface area contributed by atoms with Crippen molar-refractivity contribution in [2.45, 2.75) is 13.0 Å². The van der Waals surface area contributed by atoms with Gasteiger partial charge in [0.05, 0.1) is 4.92 Å². The molecule has 3 unspecified atom stereocenters. The van der Waals surface area contributed by atoms with Crippen LogP contribution in [0.1, 0.15) is 17.3 Å². The number of hydrogen-bond acceptors (Lipinski definition) is 4. The summed E-state index contributed by atoms with van der Waals surface area (Å²) in [7, 11) is 0. The summed E-state index contributed by atoms with van der Waals surface area (Å²) < 4.78 is 0. The summed E-state index contributed by atoms with van der Waals surface area (Å²) in [5, 5.41) is 14.1. The molecule has 1 aromatic carbocycles. The Morgan fingerprint density at radius 3 is 2.95 bits per heavy atom. The molecule has 2 heterocycles. The van der Waals surface area contributed by atoms with Crippen LogP contribution < -0.4 is 5.32 Å². The number of likely N-dealkylation sites (tertiary alicyclic amines) is 1. The second-order valence-electron chi connectivity index (χ2n) is 5.59. The van der Waals surface area contributed by atoms with Gasteiger partial charge >= 0.3 is 0 Å². The molecular weight excluding hydrogens is 258 g/mol. The summed E-state index contributed by atoms with van der Waals surface area (Å²) in [6.07, 6.45) is 0. The topological polar surface area (TPSA) is 75.5 Å². The molecule has 106 valence electrons. The van der Waals surface area contributed by atoms with Crippen LogP contribution >= 0.6 is 0 Å². The number of rotatable bonds is 2. The highest BCUT2D eigenvalue weighted by Crippen LogP contribution is 2.33. The number of benzene rings is 1. The Morgan fingerprint density at radius 2 is 2.25 bits per heavy atom. The molecule has 0 aromatic heterocycles. The third-order valence-electron chi connectivity index (χ3n) is 4.50. The Balaban J connectivity index is 1.83. The van der Waals surface area contributed by atoms with E-state index in [1.165, 1.54) is 12.1 Å². The fraction of sp³-hybridized carbons (Fsp3) is 0.500. The average Bonchev–Trinajstić information content (AvgIpc) is 3.02. The Labute approximate surface area is 116 Å². The van der Waals surface area contributed by atoms with Crippen molar-refractivity contribution in [3.05, 3.63) is 39.9 Å². The van der Waals surface area contributed by atoms with Crippen molar-refractivity contribution in [2.75, 3.05) is 19.6 Å². The van der Waals surface area contributed by atoms with Crippen molar-refractivity contribution in [1.82, 2.24) is 10.2 Å². The van der Waals surface area contributed by atoms with Crippen molar-refractivity contribution in [3.8, 4) is 0 Å². The number of non-ortho nitro benzene ring substituents is 1. The molecule has 0 aliphatic carbocycles. The molecule has 2 aliphatic rings. The van der Waals surface area contributed by atoms with Gasteiger partial charge in [-0.2, -0.15) is 0 Å². The van der Waals surface area contributed by atoms with Crippen LogP contribution in [0.3, 0.4) is 0 Å². The molecule has 2 saturated heterocycles. The van der Waals surface area contributed by atoms with Gasteiger partial charge < -0.3 is 10.2 Å². The molecule has 0 bridgehead atoms. The van der Waals surface area contributed by atoms with Gasteiger partial charge in [0.25, 0.3) is 11.6 Å². The van der Waals surface area contributed by atoms with Gasteiger partial charge in [-0.25, -0.2) is 0 Å². The third-order valence-corrected chi connectivity index (χ3v) is 4.50. The number of nitro benzene ring substituents is 1. The zero-order valence-electron chi connectivity index (χ0n) is 11.3. The van der Waals surface area contributed by atoms with Crippen molar-refractivity contribution >= 4 is 11.6 Å². The maximum absolute atomic E-state index is 12.5. The van der Waals surface area contributed by atoms with Gasteiger partial charge in [-0.05, 0) is 24.8 Å². The normalized spacial score (nSPS) is 28.4. The van der Waals surface area contributed by atoms with Crippen LogP contribution in [-0.2, 0) is 0 Å². The zero-order chi connectivity index (χ0) is 14.3. The quantitative estimate of drug-likeness (QED) is 0.651. The summed E-state index contributed by atoms with van der Waals surface area (Å²) in [5.74, 6) is 0.904. The fourth-order valence-corrected chi connectivity index (χ4v) is 3.35. The molecule has 3 atom stereocenters. The number of nitro groups is 1. The van der Waals surface area contributed by atoms with Crippen LogP contribution in [0.4, 0.5) is 5.69 Å². The smallest absolute Gasteiger partial charge is 0.270 e. The minimum Gasteiger partial charge on any atom is -0.335 e. The maximum atomic E-state index is 12.5. The van der Waals surface area contributed by atoms with E-state index in [9.17, 15) is 14.9 Å². The van der Waals surface area contributed by atoms with Crippen LogP contribution in [0.2, 0.25) is 0 Å². The molecule has 3 rings (SSSR count). The molecule has 20 heavy (non-hydrogen) atoms. The Morgan fingerprint density at radius 1 is 1.45 bits per heavy atom. The lowest BCUT2D eigenvalue weighted by molar-refractivity contribution is -0.384. The predicted molar refractivity (Wildman–Crippen MR) is 73.4 cm³/mol. The largest absolute Gasteiger partial charge is 0.335 e. The molecule has 2 aliphatic heterocycles. The number of hydrogen-bond donors (Lipinski definition) is 1. The Hall–Kier alpha value is -1.95. The number of fused-ring (bicyclic) bond motifs is 1. The second-order valence-corrected chi connectivity index (χ2v) is 5.59. The zero-order valence-corrected chi connectivity index (χ0v) is 11.3. The van der Waals surface area contributed by atoms with Crippen molar-refractivity contribution < 1.29 is 9.72 Å². The van der Waals surface area contributed by atoms with E-state index in [-0.39, 0.29) is 17.6 Å². The molecule has 1 N–H and O–H groups in total. The first-order chi connectivity index (χ1) is 9.58. The van der Waals surface area contributed by atoms with E-state index in [0.717, 1.165) is 19.6 Å². The van der Waals surface area contributed by atoms with Crippen molar-refractivity contribution in [3.63, 3.8) is 0 Å². The lowest BCUT2D eigenvalue weighted by atomic mass is 9.95. The summed E-state index contributed by atoms with van der Waals surface area (Å²) in [5.41, 5.74) is 0.364. The summed E-state index contributed by atoms with van der Waals surface area (Å²) >= 11 is 0. The highest BCUT2D eigenvalue weighted by Gasteiger charge is 2.43. The number of amides is 1. The monoisotopic (exact) mass is 275 g/mol. The Kier molecular flexibility index (Phi) is 3.17. The molecule has 1 aromatic rings. The first kappa shape index (κ1) is 13.1. The molecule has 1 amide bonds. The van der Waals surface area contributed by atoms with E-state index >= 15 is 0 Å². The minimum atomic E-state index is -0.469. The molecule has 0 radical (unpaired) electrons. The van der Waals surface area contributed by atoms with Crippen molar-refractivity contribution in [2.24, 2.45) is 11.8 Å². The number of carbonyl (C=O) groups is 1. The van der Waals surface area contributed by atoms with E-state index in [0.29, 0.717) is 17.4 Å². The van der Waals surface area contributed by atoms with Crippen LogP contribution in [0.25, 0.3) is 0 Å². The SMILES string of the molecule is CC1C2CNCC2CN1C(=O)c1cccc([N+](=O)[O-])c1. The van der Waals surface area contributed by atoms with Crippen LogP contribution in [0.5, 0.6) is 0 Å². The van der Waals surface area contributed by atoms with Gasteiger partial charge in [0.2, 0.25) is 0 Å². The fourth-order valence-electron chi connectivity index (χ4n) is 3.35. The van der Waals surface area contributed by atoms with Crippen LogP contribution in [0, 0.1) is 22.0 Å². The minimum absolute atomic E-state index is 0.0374. The number of carbonyl (C=O) groups excluding carboxylic acids is 1. The molecule has 6 heteroatoms. The average molecular weight is 275 g/mol. The van der Waals surface area contributed by atoms with Gasteiger partial charge in [-0.15, -0.1) is 0 Å². The standard InChI is InChI=1S/C14H17N3O3/c1-9-13-7-15-6-11(13)8-16(9)14(18)10-3-2-4-12(5-10)17(19)20/h2-5,9,11,13,15H,6-8H2,1H3. The van der Waals surface area contributed by atoms with Gasteiger partial charge in [-0.3, -0.25) is 14.9 Å². The first-order valence-electron chi connectivity index (χ1n) is 6.84. The van der Waals surface area contributed by atoms with Gasteiger partial charge in [0, 0.05) is 43.4 Å². The highest BCUT2D eigenvalue weighted by molar-refractivity contribution is 5.95. The van der Waals surface area contributed by atoms with E-state index < -0.39 is 4.92 Å². The number of nitrogens with zero attached hydrogens (tertiary/aromatic N) is 2. The van der Waals surface area contributed by atoms with E-state index in [2.05, 4.69) is 12.2 Å². The van der Waals surface area contributed by atoms with Crippen LogP contribution in [0.15, 0.2) is 24.3 Å². The Bertz CT molecular complexity index is 560. The van der Waals surface area contributed by atoms with Crippen LogP contribution in [-0.4, -0.2) is 41.4 Å². The summed E-state index contributed by atoms with van der Waals surface area (Å²) in [4.78, 5) is 24.7. The van der Waals surface area contributed by atoms with Gasteiger partial charge in [0.1, 0.15) is 0 Å². The lowest BCUT2D eigenvalue weighted by Crippen LogP contribution is -2.38. The number of nitrogens with one attached hydrogen (secondary N) is 1. The highest BCUT2D eigenvalue weighted by atomic mass is 16.6. The molecular formula is C14H17N3O3. The van der Waals surface area contributed by atoms with Gasteiger partial charge in [0.15, 0.2) is 0 Å². The van der Waals surface area contributed by atoms with Gasteiger partial charge in [-0.1, -0.05) is 6.07 Å². The van der Waals surface area contributed by atoms with E-state index in [4.69, 9.17) is 0 Å². The van der Waals surface area contributed by atoms with E-state index in [1.807, 2.05) is 4.90 Å². The third kappa shape index (κ3) is 2.06. The predicted octanol–water partition coefficient (Wildman–Crippen LogP) is 1.27. The summed E-state index contributed by atoms with van der Waals surface area (Å²) in [6, 6.07) is 6.16. The maximum Gasteiger partial charge on any atom is 0.270 e. The first-order valence-corrected chi connectivity index (χ1v) is 6.84. The molecule has 0 spiro atoms. The molecule has 6 nitrogen and oxygen atoms in total. The molecule has 2 fully saturated rings. The lowest BCUT2D eigenvalue weighted by Gasteiger charge is -2.24. The molecule has 0 saturated carbocycles. The second kappa shape index (κ2) is 4.86. The summed E-state index contributed by atoms with van der Waals surface area (Å²) in [6.45, 7) is 4.70.